The summed E-state index contributed by atoms with van der Waals surface area (Å²) in [4.78, 5) is 15.8. The molecule has 2 aromatic rings. The molecule has 1 aliphatic heterocycles. The van der Waals surface area contributed by atoms with Crippen LogP contribution in [0.4, 0.5) is 0 Å². The van der Waals surface area contributed by atoms with Crippen molar-refractivity contribution in [3.63, 3.8) is 0 Å². The normalized spacial score (nSPS) is 20.9. The maximum Gasteiger partial charge on any atom is 0.167 e. The molecule has 3 heteroatoms. The van der Waals surface area contributed by atoms with Gasteiger partial charge in [0.2, 0.25) is 0 Å². The molecular formula is C23H30N2O. The SMILES string of the molecule is Cc1cccc([C@H]2CCN(CCCN)C[C@H]2C(=O)c2ccccc2)c1C. The van der Waals surface area contributed by atoms with Gasteiger partial charge < -0.3 is 10.6 Å². The molecule has 2 atom stereocenters. The molecule has 0 aliphatic carbocycles. The Hall–Kier alpha value is -1.97. The summed E-state index contributed by atoms with van der Waals surface area (Å²) < 4.78 is 0. The molecule has 2 N–H and O–H groups in total. The van der Waals surface area contributed by atoms with Gasteiger partial charge in [-0.15, -0.1) is 0 Å². The van der Waals surface area contributed by atoms with Crippen molar-refractivity contribution in [3.05, 3.63) is 70.8 Å². The molecule has 0 radical (unpaired) electrons. The number of benzene rings is 2. The summed E-state index contributed by atoms with van der Waals surface area (Å²) >= 11 is 0. The standard InChI is InChI=1S/C23H30N2O/c1-17-8-6-11-20(18(17)2)21-12-15-25(14-7-13-24)16-22(21)23(26)19-9-4-3-5-10-19/h3-6,8-11,21-22H,7,12-16,24H2,1-2H3/t21-,22-/m1/s1. The first-order chi connectivity index (χ1) is 12.6. The Morgan fingerprint density at radius 2 is 1.88 bits per heavy atom. The van der Waals surface area contributed by atoms with Gasteiger partial charge in [0, 0.05) is 18.0 Å². The summed E-state index contributed by atoms with van der Waals surface area (Å²) in [5.41, 5.74) is 10.5. The van der Waals surface area contributed by atoms with Crippen molar-refractivity contribution in [3.8, 4) is 0 Å². The van der Waals surface area contributed by atoms with Crippen LogP contribution in [0.5, 0.6) is 0 Å². The quantitative estimate of drug-likeness (QED) is 0.803. The zero-order valence-corrected chi connectivity index (χ0v) is 15.9. The summed E-state index contributed by atoms with van der Waals surface area (Å²) in [7, 11) is 0. The lowest BCUT2D eigenvalue weighted by Crippen LogP contribution is -2.43. The second-order valence-corrected chi connectivity index (χ2v) is 7.46. The predicted octanol–water partition coefficient (Wildman–Crippen LogP) is 3.94. The maximum absolute atomic E-state index is 13.3. The molecule has 0 aromatic heterocycles. The van der Waals surface area contributed by atoms with E-state index in [1.165, 1.54) is 16.7 Å². The van der Waals surface area contributed by atoms with Crippen molar-refractivity contribution in [2.75, 3.05) is 26.2 Å². The third kappa shape index (κ3) is 4.05. The largest absolute Gasteiger partial charge is 0.330 e. The van der Waals surface area contributed by atoms with Gasteiger partial charge in [0.05, 0.1) is 0 Å². The summed E-state index contributed by atoms with van der Waals surface area (Å²) in [6.07, 6.45) is 2.01. The number of nitrogens with two attached hydrogens (primary N) is 1. The zero-order valence-electron chi connectivity index (χ0n) is 15.9. The van der Waals surface area contributed by atoms with Gasteiger partial charge in [-0.05, 0) is 68.9 Å². The van der Waals surface area contributed by atoms with Crippen molar-refractivity contribution >= 4 is 5.78 Å². The van der Waals surface area contributed by atoms with Crippen molar-refractivity contribution in [2.45, 2.75) is 32.6 Å². The van der Waals surface area contributed by atoms with Crippen LogP contribution in [0.2, 0.25) is 0 Å². The number of likely N-dealkylation sites (tertiary alicyclic amines) is 1. The fourth-order valence-electron chi connectivity index (χ4n) is 4.17. The van der Waals surface area contributed by atoms with Crippen molar-refractivity contribution in [1.29, 1.82) is 0 Å². The highest BCUT2D eigenvalue weighted by Gasteiger charge is 2.36. The van der Waals surface area contributed by atoms with E-state index in [0.717, 1.165) is 38.0 Å². The van der Waals surface area contributed by atoms with Crippen molar-refractivity contribution < 1.29 is 4.79 Å². The summed E-state index contributed by atoms with van der Waals surface area (Å²) in [6.45, 7) is 7.89. The number of ketones is 1. The highest BCUT2D eigenvalue weighted by atomic mass is 16.1. The molecule has 138 valence electrons. The van der Waals surface area contributed by atoms with Crippen LogP contribution in [-0.2, 0) is 0 Å². The van der Waals surface area contributed by atoms with Crippen LogP contribution in [0.1, 0.15) is 45.8 Å². The molecule has 1 heterocycles. The van der Waals surface area contributed by atoms with Crippen LogP contribution < -0.4 is 5.73 Å². The molecule has 0 spiro atoms. The highest BCUT2D eigenvalue weighted by molar-refractivity contribution is 5.98. The first-order valence-electron chi connectivity index (χ1n) is 9.69. The van der Waals surface area contributed by atoms with E-state index in [1.54, 1.807) is 0 Å². The highest BCUT2D eigenvalue weighted by Crippen LogP contribution is 2.37. The Morgan fingerprint density at radius 3 is 2.62 bits per heavy atom. The summed E-state index contributed by atoms with van der Waals surface area (Å²) in [5, 5.41) is 0. The van der Waals surface area contributed by atoms with Gasteiger partial charge in [-0.25, -0.2) is 0 Å². The molecule has 0 saturated carbocycles. The maximum atomic E-state index is 13.3. The van der Waals surface area contributed by atoms with Crippen LogP contribution in [-0.4, -0.2) is 36.9 Å². The molecule has 2 aromatic carbocycles. The molecule has 0 bridgehead atoms. The van der Waals surface area contributed by atoms with Gasteiger partial charge >= 0.3 is 0 Å². The molecule has 0 unspecified atom stereocenters. The van der Waals surface area contributed by atoms with Gasteiger partial charge in [0.15, 0.2) is 5.78 Å². The van der Waals surface area contributed by atoms with Crippen molar-refractivity contribution in [2.24, 2.45) is 11.7 Å². The molecule has 3 rings (SSSR count). The van der Waals surface area contributed by atoms with Gasteiger partial charge in [-0.1, -0.05) is 48.5 Å². The molecule has 1 aliphatic rings. The van der Waals surface area contributed by atoms with E-state index in [1.807, 2.05) is 30.3 Å². The van der Waals surface area contributed by atoms with E-state index in [0.29, 0.717) is 6.54 Å². The molecule has 26 heavy (non-hydrogen) atoms. The fourth-order valence-corrected chi connectivity index (χ4v) is 4.17. The lowest BCUT2D eigenvalue weighted by atomic mass is 9.75. The molecule has 3 nitrogen and oxygen atoms in total. The smallest absolute Gasteiger partial charge is 0.167 e. The third-order valence-corrected chi connectivity index (χ3v) is 5.82. The minimum Gasteiger partial charge on any atom is -0.330 e. The number of carbonyl (C=O) groups excluding carboxylic acids is 1. The number of carbonyl (C=O) groups is 1. The number of nitrogens with zero attached hydrogens (tertiary/aromatic N) is 1. The Balaban J connectivity index is 1.91. The first kappa shape index (κ1) is 18.8. The molecular weight excluding hydrogens is 320 g/mol. The topological polar surface area (TPSA) is 46.3 Å². The van der Waals surface area contributed by atoms with Crippen LogP contribution in [0.25, 0.3) is 0 Å². The second kappa shape index (κ2) is 8.61. The van der Waals surface area contributed by atoms with E-state index in [4.69, 9.17) is 5.73 Å². The summed E-state index contributed by atoms with van der Waals surface area (Å²) in [5.74, 6) is 0.565. The first-order valence-corrected chi connectivity index (χ1v) is 9.69. The van der Waals surface area contributed by atoms with Crippen LogP contribution in [0.15, 0.2) is 48.5 Å². The van der Waals surface area contributed by atoms with Gasteiger partial charge in [0.1, 0.15) is 0 Å². The number of hydrogen-bond acceptors (Lipinski definition) is 3. The average molecular weight is 351 g/mol. The Bertz CT molecular complexity index is 741. The van der Waals surface area contributed by atoms with E-state index >= 15 is 0 Å². The van der Waals surface area contributed by atoms with E-state index in [-0.39, 0.29) is 17.6 Å². The Morgan fingerprint density at radius 1 is 1.12 bits per heavy atom. The van der Waals surface area contributed by atoms with E-state index in [9.17, 15) is 4.79 Å². The molecule has 0 amide bonds. The molecule has 1 fully saturated rings. The monoisotopic (exact) mass is 350 g/mol. The minimum absolute atomic E-state index is 0.00410. The zero-order chi connectivity index (χ0) is 18.5. The van der Waals surface area contributed by atoms with Gasteiger partial charge in [0.25, 0.3) is 0 Å². The lowest BCUT2D eigenvalue weighted by Gasteiger charge is -2.39. The second-order valence-electron chi connectivity index (χ2n) is 7.46. The Labute approximate surface area is 157 Å². The Kier molecular flexibility index (Phi) is 6.23. The number of hydrogen-bond donors (Lipinski definition) is 1. The summed E-state index contributed by atoms with van der Waals surface area (Å²) in [6, 6.07) is 16.3. The number of rotatable bonds is 6. The predicted molar refractivity (Wildman–Crippen MR) is 108 cm³/mol. The number of Topliss-reactive ketones (excluding diaryl/α,β-unsaturated/α-hetero) is 1. The fraction of sp³-hybridized carbons (Fsp3) is 0.435. The average Bonchev–Trinajstić information content (AvgIpc) is 2.68. The van der Waals surface area contributed by atoms with Crippen LogP contribution in [0.3, 0.4) is 0 Å². The van der Waals surface area contributed by atoms with E-state index in [2.05, 4.69) is 36.9 Å². The van der Waals surface area contributed by atoms with Crippen LogP contribution >= 0.6 is 0 Å². The third-order valence-electron chi connectivity index (χ3n) is 5.82. The molecule has 1 saturated heterocycles. The van der Waals surface area contributed by atoms with Crippen molar-refractivity contribution in [1.82, 2.24) is 4.90 Å². The van der Waals surface area contributed by atoms with Gasteiger partial charge in [-0.2, -0.15) is 0 Å². The number of piperidine rings is 1. The lowest BCUT2D eigenvalue weighted by molar-refractivity contribution is 0.0778. The van der Waals surface area contributed by atoms with E-state index < -0.39 is 0 Å². The minimum atomic E-state index is 0.00410. The van der Waals surface area contributed by atoms with Crippen LogP contribution in [0, 0.1) is 19.8 Å². The number of aryl methyl sites for hydroxylation is 1. The van der Waals surface area contributed by atoms with Gasteiger partial charge in [-0.3, -0.25) is 4.79 Å².